The number of aromatic amines is 1. The first kappa shape index (κ1) is 11.0. The summed E-state index contributed by atoms with van der Waals surface area (Å²) in [6.07, 6.45) is 1.58. The van der Waals surface area contributed by atoms with E-state index in [2.05, 4.69) is 4.98 Å². The predicted octanol–water partition coefficient (Wildman–Crippen LogP) is 2.28. The van der Waals surface area contributed by atoms with Crippen molar-refractivity contribution in [2.75, 3.05) is 12.8 Å². The summed E-state index contributed by atoms with van der Waals surface area (Å²) in [5.41, 5.74) is 7.05. The second-order valence-corrected chi connectivity index (χ2v) is 3.45. The summed E-state index contributed by atoms with van der Waals surface area (Å²) >= 11 is 0. The molecule has 0 radical (unpaired) electrons. The molecule has 2 aromatic rings. The monoisotopic (exact) mass is 231 g/mol. The van der Waals surface area contributed by atoms with Crippen molar-refractivity contribution in [1.29, 1.82) is 5.26 Å². The van der Waals surface area contributed by atoms with E-state index >= 15 is 0 Å². The molecule has 3 N–H and O–H groups in total. The number of H-pyrrole nitrogens is 1. The van der Waals surface area contributed by atoms with Crippen molar-refractivity contribution in [1.82, 2.24) is 4.98 Å². The minimum atomic E-state index is -0.478. The van der Waals surface area contributed by atoms with Gasteiger partial charge in [-0.3, -0.25) is 0 Å². The molecule has 0 atom stereocenters. The minimum absolute atomic E-state index is 0.163. The number of nitriles is 1. The average Bonchev–Trinajstić information content (AvgIpc) is 2.70. The number of hydrogen-bond donors (Lipinski definition) is 2. The van der Waals surface area contributed by atoms with Crippen molar-refractivity contribution in [2.45, 2.75) is 0 Å². The van der Waals surface area contributed by atoms with Crippen LogP contribution in [-0.4, -0.2) is 12.1 Å². The molecule has 0 aliphatic carbocycles. The Labute approximate surface area is 97.4 Å². The maximum Gasteiger partial charge on any atom is 0.165 e. The summed E-state index contributed by atoms with van der Waals surface area (Å²) in [5.74, 6) is -0.0387. The molecule has 1 aromatic carbocycles. The van der Waals surface area contributed by atoms with E-state index in [9.17, 15) is 4.39 Å². The van der Waals surface area contributed by atoms with Gasteiger partial charge in [0.15, 0.2) is 11.6 Å². The molecule has 0 amide bonds. The molecule has 0 aliphatic heterocycles. The van der Waals surface area contributed by atoms with Gasteiger partial charge in [-0.1, -0.05) is 6.07 Å². The molecule has 0 aliphatic rings. The molecule has 17 heavy (non-hydrogen) atoms. The van der Waals surface area contributed by atoms with Gasteiger partial charge in [0.05, 0.1) is 7.11 Å². The maximum atomic E-state index is 13.5. The van der Waals surface area contributed by atoms with Crippen LogP contribution in [0.25, 0.3) is 11.1 Å². The van der Waals surface area contributed by atoms with Gasteiger partial charge in [0.2, 0.25) is 0 Å². The molecule has 0 saturated heterocycles. The van der Waals surface area contributed by atoms with E-state index in [4.69, 9.17) is 15.7 Å². The fraction of sp³-hybridized carbons (Fsp3) is 0.0833. The first-order chi connectivity index (χ1) is 8.17. The largest absolute Gasteiger partial charge is 0.494 e. The minimum Gasteiger partial charge on any atom is -0.494 e. The number of ether oxygens (including phenoxy) is 1. The van der Waals surface area contributed by atoms with Crippen LogP contribution in [0.15, 0.2) is 24.4 Å². The number of nitrogens with zero attached hydrogens (tertiary/aromatic N) is 1. The first-order valence-corrected chi connectivity index (χ1v) is 4.88. The van der Waals surface area contributed by atoms with Crippen LogP contribution in [0, 0.1) is 17.1 Å². The third-order valence-electron chi connectivity index (χ3n) is 2.49. The lowest BCUT2D eigenvalue weighted by Gasteiger charge is -2.04. The van der Waals surface area contributed by atoms with Crippen LogP contribution in [0.5, 0.6) is 5.75 Å². The second-order valence-electron chi connectivity index (χ2n) is 3.45. The number of hydrogen-bond acceptors (Lipinski definition) is 3. The Kier molecular flexibility index (Phi) is 2.71. The highest BCUT2D eigenvalue weighted by atomic mass is 19.1. The van der Waals surface area contributed by atoms with Gasteiger partial charge < -0.3 is 15.5 Å². The average molecular weight is 231 g/mol. The summed E-state index contributed by atoms with van der Waals surface area (Å²) in [6.45, 7) is 0. The van der Waals surface area contributed by atoms with Crippen LogP contribution >= 0.6 is 0 Å². The van der Waals surface area contributed by atoms with Crippen LogP contribution < -0.4 is 10.5 Å². The van der Waals surface area contributed by atoms with Crippen molar-refractivity contribution < 1.29 is 9.13 Å². The molecule has 0 unspecified atom stereocenters. The van der Waals surface area contributed by atoms with Gasteiger partial charge in [-0.2, -0.15) is 5.26 Å². The zero-order chi connectivity index (χ0) is 12.4. The van der Waals surface area contributed by atoms with E-state index < -0.39 is 5.82 Å². The molecule has 0 saturated carbocycles. The van der Waals surface area contributed by atoms with E-state index in [-0.39, 0.29) is 11.6 Å². The Hall–Kier alpha value is -2.48. The van der Waals surface area contributed by atoms with Gasteiger partial charge in [-0.15, -0.1) is 0 Å². The zero-order valence-corrected chi connectivity index (χ0v) is 9.12. The maximum absolute atomic E-state index is 13.5. The molecule has 1 aromatic heterocycles. The highest BCUT2D eigenvalue weighted by Gasteiger charge is 2.12. The highest BCUT2D eigenvalue weighted by Crippen LogP contribution is 2.30. The predicted molar refractivity (Wildman–Crippen MR) is 61.9 cm³/mol. The molecule has 86 valence electrons. The third-order valence-corrected chi connectivity index (χ3v) is 2.49. The number of anilines is 1. The summed E-state index contributed by atoms with van der Waals surface area (Å²) < 4.78 is 18.4. The van der Waals surface area contributed by atoms with Crippen LogP contribution in [0.3, 0.4) is 0 Å². The number of nitrogen functional groups attached to an aromatic ring is 1. The first-order valence-electron chi connectivity index (χ1n) is 4.88. The number of halogens is 1. The Balaban J connectivity index is 2.54. The van der Waals surface area contributed by atoms with Gasteiger partial charge in [0, 0.05) is 11.8 Å². The lowest BCUT2D eigenvalue weighted by molar-refractivity contribution is 0.386. The number of methoxy groups -OCH3 is 1. The van der Waals surface area contributed by atoms with E-state index in [0.29, 0.717) is 16.7 Å². The molecule has 1 heterocycles. The Morgan fingerprint density at radius 2 is 2.24 bits per heavy atom. The van der Waals surface area contributed by atoms with Gasteiger partial charge in [-0.25, -0.2) is 4.39 Å². The van der Waals surface area contributed by atoms with Crippen molar-refractivity contribution in [2.24, 2.45) is 0 Å². The fourth-order valence-corrected chi connectivity index (χ4v) is 1.62. The topological polar surface area (TPSA) is 74.8 Å². The molecule has 0 spiro atoms. The normalized spacial score (nSPS) is 9.94. The second kappa shape index (κ2) is 4.18. The quantitative estimate of drug-likeness (QED) is 0.832. The number of rotatable bonds is 2. The number of nitrogens with two attached hydrogens (primary N) is 1. The van der Waals surface area contributed by atoms with Crippen molar-refractivity contribution in [3.8, 4) is 22.9 Å². The number of aromatic nitrogens is 1. The van der Waals surface area contributed by atoms with Crippen LogP contribution in [0.4, 0.5) is 10.2 Å². The van der Waals surface area contributed by atoms with Crippen molar-refractivity contribution in [3.05, 3.63) is 35.8 Å². The highest BCUT2D eigenvalue weighted by molar-refractivity contribution is 5.76. The lowest BCUT2D eigenvalue weighted by Crippen LogP contribution is -1.90. The Morgan fingerprint density at radius 3 is 2.82 bits per heavy atom. The number of nitrogens with one attached hydrogen (secondary N) is 1. The standard InChI is InChI=1S/C12H10FN3O/c1-17-11-3-2-7(4-10(11)13)9-6-16-12(15)8(9)5-14/h2-4,6,16H,15H2,1H3. The van der Waals surface area contributed by atoms with E-state index in [0.717, 1.165) is 0 Å². The van der Waals surface area contributed by atoms with Crippen LogP contribution in [0.1, 0.15) is 5.56 Å². The summed E-state index contributed by atoms with van der Waals surface area (Å²) in [4.78, 5) is 2.74. The molecule has 0 fully saturated rings. The van der Waals surface area contributed by atoms with E-state index in [1.807, 2.05) is 6.07 Å². The zero-order valence-electron chi connectivity index (χ0n) is 9.12. The van der Waals surface area contributed by atoms with Gasteiger partial charge in [0.25, 0.3) is 0 Å². The molecular weight excluding hydrogens is 221 g/mol. The molecule has 5 heteroatoms. The summed E-state index contributed by atoms with van der Waals surface area (Å²) in [6, 6.07) is 6.47. The lowest BCUT2D eigenvalue weighted by atomic mass is 10.0. The van der Waals surface area contributed by atoms with Crippen molar-refractivity contribution in [3.63, 3.8) is 0 Å². The van der Waals surface area contributed by atoms with Gasteiger partial charge >= 0.3 is 0 Å². The van der Waals surface area contributed by atoms with Crippen molar-refractivity contribution >= 4 is 5.82 Å². The summed E-state index contributed by atoms with van der Waals surface area (Å²) in [7, 11) is 1.40. The Morgan fingerprint density at radius 1 is 1.47 bits per heavy atom. The third kappa shape index (κ3) is 1.81. The molecular formula is C12H10FN3O. The smallest absolute Gasteiger partial charge is 0.165 e. The summed E-state index contributed by atoms with van der Waals surface area (Å²) in [5, 5.41) is 8.95. The van der Waals surface area contributed by atoms with Gasteiger partial charge in [-0.05, 0) is 17.7 Å². The van der Waals surface area contributed by atoms with E-state index in [1.165, 1.54) is 19.2 Å². The molecule has 4 nitrogen and oxygen atoms in total. The van der Waals surface area contributed by atoms with E-state index in [1.54, 1.807) is 12.3 Å². The molecule has 0 bridgehead atoms. The van der Waals surface area contributed by atoms with Crippen LogP contribution in [-0.2, 0) is 0 Å². The van der Waals surface area contributed by atoms with Gasteiger partial charge in [0.1, 0.15) is 17.5 Å². The van der Waals surface area contributed by atoms with Crippen LogP contribution in [0.2, 0.25) is 0 Å². The fourth-order valence-electron chi connectivity index (χ4n) is 1.62. The molecule has 2 rings (SSSR count). The SMILES string of the molecule is COc1ccc(-c2c[nH]c(N)c2C#N)cc1F. The number of benzene rings is 1. The Bertz CT molecular complexity index is 598.